The van der Waals surface area contributed by atoms with Gasteiger partial charge in [-0.2, -0.15) is 18.0 Å². The predicted molar refractivity (Wildman–Crippen MR) is 198 cm³/mol. The van der Waals surface area contributed by atoms with Crippen LogP contribution < -0.4 is 15.0 Å². The summed E-state index contributed by atoms with van der Waals surface area (Å²) >= 11 is 0. The molecule has 2 aliphatic rings. The van der Waals surface area contributed by atoms with Crippen molar-refractivity contribution < 1.29 is 25.8 Å². The number of benzene rings is 4. The van der Waals surface area contributed by atoms with Crippen molar-refractivity contribution in [3.63, 3.8) is 0 Å². The molecule has 50 heavy (non-hydrogen) atoms. The van der Waals surface area contributed by atoms with Gasteiger partial charge >= 0.3 is 0 Å². The Morgan fingerprint density at radius 2 is 1.76 bits per heavy atom. The minimum atomic E-state index is -0.0495. The third-order valence-corrected chi connectivity index (χ3v) is 10.3. The molecule has 6 nitrogen and oxygen atoms in total. The first-order valence-corrected chi connectivity index (χ1v) is 17.2. The van der Waals surface area contributed by atoms with E-state index < -0.39 is 0 Å². The van der Waals surface area contributed by atoms with Gasteiger partial charge < -0.3 is 19.5 Å². The van der Waals surface area contributed by atoms with E-state index in [-0.39, 0.29) is 26.5 Å². The van der Waals surface area contributed by atoms with Crippen LogP contribution in [0.15, 0.2) is 85.1 Å². The zero-order valence-corrected chi connectivity index (χ0v) is 31.4. The quantitative estimate of drug-likeness (QED) is 0.175. The number of nitriles is 1. The molecule has 2 aromatic heterocycles. The Hall–Kier alpha value is -4.59. The average molecular weight is 838 g/mol. The molecule has 0 saturated heterocycles. The Morgan fingerprint density at radius 3 is 2.54 bits per heavy atom. The third-order valence-electron chi connectivity index (χ3n) is 10.3. The number of pyridine rings is 1. The number of fused-ring (bicyclic) bond motifs is 4. The monoisotopic (exact) mass is 837 g/mol. The van der Waals surface area contributed by atoms with E-state index in [2.05, 4.69) is 104 Å². The average Bonchev–Trinajstić information content (AvgIpc) is 3.67. The van der Waals surface area contributed by atoms with Crippen LogP contribution in [0.4, 0.5) is 17.1 Å². The van der Waals surface area contributed by atoms with Crippen molar-refractivity contribution in [2.45, 2.75) is 71.6 Å². The second-order valence-electron chi connectivity index (χ2n) is 15.2. The van der Waals surface area contributed by atoms with Gasteiger partial charge in [0.05, 0.1) is 11.6 Å². The molecule has 1 aliphatic carbocycles. The van der Waals surface area contributed by atoms with Crippen molar-refractivity contribution in [2.24, 2.45) is 5.41 Å². The van der Waals surface area contributed by atoms with Gasteiger partial charge in [0.15, 0.2) is 0 Å². The van der Waals surface area contributed by atoms with E-state index in [1.165, 1.54) is 11.1 Å². The van der Waals surface area contributed by atoms with Gasteiger partial charge in [-0.15, -0.1) is 41.6 Å². The summed E-state index contributed by atoms with van der Waals surface area (Å²) in [5.74, 6) is 2.43. The van der Waals surface area contributed by atoms with Crippen LogP contribution in [0.25, 0.3) is 27.6 Å². The molecule has 0 radical (unpaired) electrons. The topological polar surface area (TPSA) is 66.1 Å². The number of nitrogens with one attached hydrogen (secondary N) is 1. The number of anilines is 3. The van der Waals surface area contributed by atoms with Gasteiger partial charge in [0.25, 0.3) is 0 Å². The maximum absolute atomic E-state index is 9.95. The van der Waals surface area contributed by atoms with Gasteiger partial charge in [-0.1, -0.05) is 57.7 Å². The fourth-order valence-corrected chi connectivity index (χ4v) is 7.43. The Morgan fingerprint density at radius 1 is 0.960 bits per heavy atom. The molecule has 1 saturated carbocycles. The van der Waals surface area contributed by atoms with Crippen LogP contribution in [-0.2, 0) is 26.5 Å². The number of hydrogen-bond acceptors (Lipinski definition) is 5. The van der Waals surface area contributed by atoms with E-state index in [4.69, 9.17) is 9.72 Å². The summed E-state index contributed by atoms with van der Waals surface area (Å²) in [6.45, 7) is 13.4. The molecule has 256 valence electrons. The van der Waals surface area contributed by atoms with Crippen LogP contribution in [0.5, 0.6) is 11.5 Å². The molecule has 4 aromatic carbocycles. The normalized spacial score (nSPS) is 15.7. The second-order valence-corrected chi connectivity index (χ2v) is 15.2. The number of hydrogen-bond donors (Lipinski definition) is 1. The predicted octanol–water partition coefficient (Wildman–Crippen LogP) is 11.1. The van der Waals surface area contributed by atoms with Crippen molar-refractivity contribution in [3.8, 4) is 23.4 Å². The van der Waals surface area contributed by atoms with Crippen LogP contribution in [-0.4, -0.2) is 9.55 Å². The number of rotatable bonds is 5. The zero-order chi connectivity index (χ0) is 33.9. The molecule has 0 unspecified atom stereocenters. The van der Waals surface area contributed by atoms with Gasteiger partial charge in [0.1, 0.15) is 5.82 Å². The molecule has 1 N–H and O–H groups in total. The van der Waals surface area contributed by atoms with Gasteiger partial charge in [-0.25, -0.2) is 4.98 Å². The van der Waals surface area contributed by atoms with Crippen molar-refractivity contribution in [3.05, 3.63) is 121 Å². The minimum Gasteiger partial charge on any atom is -0.514 e. The van der Waals surface area contributed by atoms with E-state index in [1.54, 1.807) is 0 Å². The maximum Gasteiger partial charge on any atom is 0.135 e. The number of aromatic nitrogens is 2. The Bertz CT molecular complexity index is 2260. The Balaban J connectivity index is 0.00000392. The summed E-state index contributed by atoms with van der Waals surface area (Å²) < 4.78 is 8.90. The van der Waals surface area contributed by atoms with Crippen LogP contribution in [0, 0.1) is 35.5 Å². The largest absolute Gasteiger partial charge is 0.514 e. The molecule has 1 fully saturated rings. The minimum absolute atomic E-state index is 0. The molecule has 0 atom stereocenters. The molecular formula is C43H40N5OPt-3. The van der Waals surface area contributed by atoms with E-state index in [0.29, 0.717) is 28.4 Å². The summed E-state index contributed by atoms with van der Waals surface area (Å²) in [5, 5.41) is 15.5. The number of ether oxygens (including phenoxy) is 1. The molecule has 0 spiro atoms. The van der Waals surface area contributed by atoms with Crippen LogP contribution >= 0.6 is 0 Å². The molecule has 8 rings (SSSR count). The molecule has 1 aliphatic heterocycles. The molecule has 0 amide bonds. The van der Waals surface area contributed by atoms with Gasteiger partial charge in [-0.05, 0) is 95.8 Å². The first-order valence-electron chi connectivity index (χ1n) is 17.2. The fraction of sp³-hybridized carbons (Fsp3) is 0.279. The van der Waals surface area contributed by atoms with Crippen molar-refractivity contribution in [2.75, 3.05) is 10.2 Å². The van der Waals surface area contributed by atoms with Gasteiger partial charge in [0, 0.05) is 55.7 Å². The van der Waals surface area contributed by atoms with Crippen molar-refractivity contribution in [1.29, 1.82) is 5.26 Å². The molecule has 0 bridgehead atoms. The first kappa shape index (κ1) is 33.9. The molecule has 3 heterocycles. The van der Waals surface area contributed by atoms with Crippen LogP contribution in [0.1, 0.15) is 82.9 Å². The fourth-order valence-electron chi connectivity index (χ4n) is 7.43. The smallest absolute Gasteiger partial charge is 0.135 e. The summed E-state index contributed by atoms with van der Waals surface area (Å²) in [6.07, 6.45) is 6.38. The van der Waals surface area contributed by atoms with E-state index in [1.807, 2.05) is 55.3 Å². The molecule has 7 heteroatoms. The van der Waals surface area contributed by atoms with Crippen molar-refractivity contribution in [1.82, 2.24) is 9.55 Å². The van der Waals surface area contributed by atoms with Gasteiger partial charge in [-0.3, -0.25) is 0 Å². The zero-order valence-electron chi connectivity index (χ0n) is 29.1. The maximum atomic E-state index is 9.95. The summed E-state index contributed by atoms with van der Waals surface area (Å²) in [6, 6.07) is 36.2. The van der Waals surface area contributed by atoms with E-state index >= 15 is 0 Å². The molecule has 6 aromatic rings. The van der Waals surface area contributed by atoms with E-state index in [9.17, 15) is 5.26 Å². The summed E-state index contributed by atoms with van der Waals surface area (Å²) in [7, 11) is 0. The molecular weight excluding hydrogens is 798 g/mol. The standard InChI is InChI=1S/C43H40N5O.Pt/c1-42(2,3)30-17-20-45-40(22-30)48-37-14-13-28(26-44)21-35(37)41-34(29-15-18-43(4,5)19-16-29)24-33(25-39(41)48)49-32-10-8-9-31(23-32)47-27-46-36-11-6-7-12-38(36)47;/h6-14,17,20-22,24,27,29,46H,15-16,18-19H2,1-5H3;/q-3;. The third kappa shape index (κ3) is 6.18. The first-order chi connectivity index (χ1) is 23.6. The summed E-state index contributed by atoms with van der Waals surface area (Å²) in [4.78, 5) is 6.99. The van der Waals surface area contributed by atoms with Crippen LogP contribution in [0.2, 0.25) is 0 Å². The van der Waals surface area contributed by atoms with Crippen LogP contribution in [0.3, 0.4) is 0 Å². The van der Waals surface area contributed by atoms with E-state index in [0.717, 1.165) is 70.4 Å². The number of nitrogens with zero attached hydrogens (tertiary/aromatic N) is 4. The van der Waals surface area contributed by atoms with Crippen molar-refractivity contribution >= 4 is 38.9 Å². The number of para-hydroxylation sites is 2. The van der Waals surface area contributed by atoms with Gasteiger partial charge in [0.2, 0.25) is 0 Å². The Kier molecular flexibility index (Phi) is 8.77. The summed E-state index contributed by atoms with van der Waals surface area (Å²) in [5.41, 5.74) is 8.27. The second kappa shape index (κ2) is 12.9. The SMILES string of the molecule is CC1(C)CCC(c2cc(Oc3[c-]c(N4[CH-]Nc5ccccc54)ccc3)[c-]c3c2c2cc(C#N)ccc2n3-c2cc(C(C)(C)C)ccn2)CC1.[Pt]. The Labute approximate surface area is 309 Å².